The summed E-state index contributed by atoms with van der Waals surface area (Å²) in [5.74, 6) is 1.47. The molecule has 0 aliphatic heterocycles. The molecule has 0 aliphatic carbocycles. The summed E-state index contributed by atoms with van der Waals surface area (Å²) in [6.07, 6.45) is 2.90. The van der Waals surface area contributed by atoms with Crippen molar-refractivity contribution in [3.63, 3.8) is 0 Å². The fourth-order valence-electron chi connectivity index (χ4n) is 2.52. The molecule has 1 N–H and O–H groups in total. The Balaban J connectivity index is 1.80. The number of thioether (sulfide) groups is 1. The van der Waals surface area contributed by atoms with Crippen LogP contribution in [0, 0.1) is 0 Å². The molecule has 1 aromatic heterocycles. The second kappa shape index (κ2) is 9.61. The maximum atomic E-state index is 12.9. The predicted octanol–water partition coefficient (Wildman–Crippen LogP) is 4.50. The van der Waals surface area contributed by atoms with Crippen LogP contribution >= 0.6 is 23.4 Å². The summed E-state index contributed by atoms with van der Waals surface area (Å²) >= 11 is 7.39. The van der Waals surface area contributed by atoms with Crippen LogP contribution in [-0.2, 0) is 18.9 Å². The minimum absolute atomic E-state index is 0.0350. The van der Waals surface area contributed by atoms with E-state index in [1.807, 2.05) is 30.5 Å². The number of anilines is 2. The third-order valence-corrected chi connectivity index (χ3v) is 4.85. The van der Waals surface area contributed by atoms with Crippen LogP contribution in [0.4, 0.5) is 11.6 Å². The van der Waals surface area contributed by atoms with Gasteiger partial charge in [0, 0.05) is 10.7 Å². The fourth-order valence-corrected chi connectivity index (χ4v) is 3.15. The van der Waals surface area contributed by atoms with E-state index >= 15 is 0 Å². The van der Waals surface area contributed by atoms with Crippen LogP contribution in [-0.4, -0.2) is 21.0 Å². The molecule has 0 spiro atoms. The van der Waals surface area contributed by atoms with Crippen molar-refractivity contribution in [1.29, 1.82) is 0 Å². The molecule has 0 saturated carbocycles. The summed E-state index contributed by atoms with van der Waals surface area (Å²) in [5.41, 5.74) is 2.11. The van der Waals surface area contributed by atoms with E-state index in [-0.39, 0.29) is 17.9 Å². The predicted molar refractivity (Wildman–Crippen MR) is 115 cm³/mol. The molecule has 2 aromatic carbocycles. The molecule has 1 heterocycles. The van der Waals surface area contributed by atoms with E-state index in [2.05, 4.69) is 22.4 Å². The van der Waals surface area contributed by atoms with E-state index in [1.54, 1.807) is 28.8 Å². The minimum atomic E-state index is -0.231. The highest BCUT2D eigenvalue weighted by molar-refractivity contribution is 7.97. The Hall–Kier alpha value is -2.51. The monoisotopic (exact) mass is 416 g/mol. The summed E-state index contributed by atoms with van der Waals surface area (Å²) in [4.78, 5) is 12.9. The van der Waals surface area contributed by atoms with Crippen LogP contribution in [0.2, 0.25) is 5.02 Å². The zero-order valence-electron chi connectivity index (χ0n) is 15.7. The van der Waals surface area contributed by atoms with E-state index in [9.17, 15) is 4.79 Å². The SMILES string of the molecule is CCc1ccc(Nc2nnc(COc3ccc(Cl)cc3)c(=O)n2CSC)cc1. The number of nitrogens with one attached hydrogen (secondary N) is 1. The third-order valence-electron chi connectivity index (χ3n) is 4.08. The van der Waals surface area contributed by atoms with Gasteiger partial charge in [0.2, 0.25) is 5.95 Å². The smallest absolute Gasteiger partial charge is 0.281 e. The first-order valence-corrected chi connectivity index (χ1v) is 10.6. The van der Waals surface area contributed by atoms with E-state index in [0.717, 1.165) is 12.1 Å². The molecule has 0 radical (unpaired) electrons. The van der Waals surface area contributed by atoms with E-state index in [1.165, 1.54) is 17.3 Å². The van der Waals surface area contributed by atoms with Crippen LogP contribution in [0.1, 0.15) is 18.2 Å². The Labute approximate surface area is 172 Å². The van der Waals surface area contributed by atoms with Gasteiger partial charge in [-0.2, -0.15) is 0 Å². The van der Waals surface area contributed by atoms with Crippen LogP contribution in [0.3, 0.4) is 0 Å². The van der Waals surface area contributed by atoms with Crippen molar-refractivity contribution in [2.45, 2.75) is 25.8 Å². The summed E-state index contributed by atoms with van der Waals surface area (Å²) in [6, 6.07) is 15.0. The maximum absolute atomic E-state index is 12.9. The van der Waals surface area contributed by atoms with Crippen LogP contribution in [0.15, 0.2) is 53.3 Å². The normalized spacial score (nSPS) is 10.7. The van der Waals surface area contributed by atoms with Gasteiger partial charge in [-0.05, 0) is 54.6 Å². The zero-order valence-corrected chi connectivity index (χ0v) is 17.3. The summed E-state index contributed by atoms with van der Waals surface area (Å²) in [7, 11) is 0. The number of aryl methyl sites for hydroxylation is 1. The number of hydrogen-bond acceptors (Lipinski definition) is 6. The second-order valence-electron chi connectivity index (χ2n) is 6.04. The van der Waals surface area contributed by atoms with Gasteiger partial charge in [-0.25, -0.2) is 0 Å². The molecule has 0 amide bonds. The summed E-state index contributed by atoms with van der Waals surface area (Å²) in [6.45, 7) is 2.14. The lowest BCUT2D eigenvalue weighted by Gasteiger charge is -2.13. The van der Waals surface area contributed by atoms with E-state index in [0.29, 0.717) is 22.6 Å². The summed E-state index contributed by atoms with van der Waals surface area (Å²) in [5, 5.41) is 12.1. The molecule has 0 bridgehead atoms. The van der Waals surface area contributed by atoms with Gasteiger partial charge >= 0.3 is 0 Å². The van der Waals surface area contributed by atoms with Crippen molar-refractivity contribution in [3.8, 4) is 5.75 Å². The van der Waals surface area contributed by atoms with Gasteiger partial charge in [-0.3, -0.25) is 9.36 Å². The van der Waals surface area contributed by atoms with Crippen LogP contribution < -0.4 is 15.6 Å². The lowest BCUT2D eigenvalue weighted by molar-refractivity contribution is 0.296. The molecular weight excluding hydrogens is 396 g/mol. The van der Waals surface area contributed by atoms with Crippen LogP contribution in [0.5, 0.6) is 5.75 Å². The zero-order chi connectivity index (χ0) is 19.9. The van der Waals surface area contributed by atoms with Gasteiger partial charge < -0.3 is 10.1 Å². The van der Waals surface area contributed by atoms with Gasteiger partial charge in [0.25, 0.3) is 5.56 Å². The highest BCUT2D eigenvalue weighted by Crippen LogP contribution is 2.18. The molecule has 8 heteroatoms. The minimum Gasteiger partial charge on any atom is -0.487 e. The molecular formula is C20H21ClN4O2S. The fraction of sp³-hybridized carbons (Fsp3) is 0.250. The number of hydrogen-bond donors (Lipinski definition) is 1. The van der Waals surface area contributed by atoms with Crippen molar-refractivity contribution < 1.29 is 4.74 Å². The Kier molecular flexibility index (Phi) is 6.95. The first kappa shape index (κ1) is 20.2. The van der Waals surface area contributed by atoms with E-state index < -0.39 is 0 Å². The molecule has 3 rings (SSSR count). The molecule has 146 valence electrons. The highest BCUT2D eigenvalue weighted by atomic mass is 35.5. The van der Waals surface area contributed by atoms with E-state index in [4.69, 9.17) is 16.3 Å². The van der Waals surface area contributed by atoms with Crippen LogP contribution in [0.25, 0.3) is 0 Å². The first-order chi connectivity index (χ1) is 13.6. The molecule has 28 heavy (non-hydrogen) atoms. The van der Waals surface area contributed by atoms with Crippen molar-refractivity contribution in [2.24, 2.45) is 0 Å². The van der Waals surface area contributed by atoms with Crippen molar-refractivity contribution in [2.75, 3.05) is 11.6 Å². The molecule has 0 saturated heterocycles. The van der Waals surface area contributed by atoms with Gasteiger partial charge in [0.1, 0.15) is 12.4 Å². The maximum Gasteiger partial charge on any atom is 0.281 e. The van der Waals surface area contributed by atoms with Crippen molar-refractivity contribution in [3.05, 3.63) is 75.2 Å². The Bertz CT molecular complexity index is 975. The molecule has 6 nitrogen and oxygen atoms in total. The Morgan fingerprint density at radius 1 is 1.11 bits per heavy atom. The highest BCUT2D eigenvalue weighted by Gasteiger charge is 2.13. The lowest BCUT2D eigenvalue weighted by atomic mass is 10.1. The van der Waals surface area contributed by atoms with Gasteiger partial charge in [-0.15, -0.1) is 22.0 Å². The number of ether oxygens (including phenoxy) is 1. The number of aromatic nitrogens is 3. The standard InChI is InChI=1S/C20H21ClN4O2S/c1-3-14-4-8-16(9-5-14)22-20-24-23-18(19(26)25(20)13-28-2)12-27-17-10-6-15(21)7-11-17/h4-11H,3,12-13H2,1-2H3,(H,22,24). The molecule has 3 aromatic rings. The largest absolute Gasteiger partial charge is 0.487 e. The Morgan fingerprint density at radius 3 is 2.46 bits per heavy atom. The second-order valence-corrected chi connectivity index (χ2v) is 7.31. The van der Waals surface area contributed by atoms with Crippen molar-refractivity contribution >= 4 is 35.0 Å². The molecule has 0 fully saturated rings. The number of nitrogens with zero attached hydrogens (tertiary/aromatic N) is 3. The quantitative estimate of drug-likeness (QED) is 0.583. The molecule has 0 atom stereocenters. The third kappa shape index (κ3) is 5.05. The average molecular weight is 417 g/mol. The average Bonchev–Trinajstić information content (AvgIpc) is 2.72. The first-order valence-electron chi connectivity index (χ1n) is 8.80. The summed E-state index contributed by atoms with van der Waals surface area (Å²) < 4.78 is 7.20. The lowest BCUT2D eigenvalue weighted by Crippen LogP contribution is -2.29. The number of rotatable bonds is 8. The molecule has 0 aliphatic rings. The van der Waals surface area contributed by atoms with Crippen molar-refractivity contribution in [1.82, 2.24) is 14.8 Å². The van der Waals surface area contributed by atoms with Gasteiger partial charge in [0.05, 0.1) is 5.88 Å². The number of benzene rings is 2. The Morgan fingerprint density at radius 2 is 1.82 bits per heavy atom. The molecule has 0 unspecified atom stereocenters. The van der Waals surface area contributed by atoms with Gasteiger partial charge in [-0.1, -0.05) is 30.7 Å². The number of halogens is 1. The topological polar surface area (TPSA) is 69.0 Å². The van der Waals surface area contributed by atoms with Gasteiger partial charge in [0.15, 0.2) is 5.69 Å².